The van der Waals surface area contributed by atoms with E-state index in [1.165, 1.54) is 6.33 Å². The fraction of sp³-hybridized carbons (Fsp3) is 0.357. The number of hydrogen-bond acceptors (Lipinski definition) is 4. The molecule has 0 radical (unpaired) electrons. The van der Waals surface area contributed by atoms with Crippen LogP contribution in [-0.4, -0.2) is 34.2 Å². The van der Waals surface area contributed by atoms with Crippen LogP contribution in [0, 0.1) is 17.6 Å². The first-order valence-corrected chi connectivity index (χ1v) is 7.33. The molecule has 9 heteroatoms. The number of benzene rings is 1. The van der Waals surface area contributed by atoms with Crippen LogP contribution in [0.5, 0.6) is 0 Å². The second kappa shape index (κ2) is 6.59. The number of aromatic nitrogens is 3. The van der Waals surface area contributed by atoms with Crippen molar-refractivity contribution >= 4 is 17.5 Å². The Bertz CT molecular complexity index is 711. The molecule has 0 spiro atoms. The van der Waals surface area contributed by atoms with E-state index in [4.69, 9.17) is 16.3 Å². The predicted molar refractivity (Wildman–Crippen MR) is 76.9 cm³/mol. The number of carbonyl (C=O) groups is 1. The molecular formula is C14H13ClF2N4O2. The lowest BCUT2D eigenvalue weighted by Crippen LogP contribution is -2.31. The van der Waals surface area contributed by atoms with E-state index in [-0.39, 0.29) is 22.6 Å². The van der Waals surface area contributed by atoms with Gasteiger partial charge in [0.1, 0.15) is 12.4 Å². The van der Waals surface area contributed by atoms with E-state index in [0.717, 1.165) is 18.6 Å². The molecule has 1 fully saturated rings. The van der Waals surface area contributed by atoms with Crippen molar-refractivity contribution in [3.05, 3.63) is 46.5 Å². The quantitative estimate of drug-likeness (QED) is 0.835. The lowest BCUT2D eigenvalue weighted by molar-refractivity contribution is 0.0798. The van der Waals surface area contributed by atoms with Gasteiger partial charge in [-0.05, 0) is 18.6 Å². The third kappa shape index (κ3) is 3.32. The Hall–Kier alpha value is -2.06. The van der Waals surface area contributed by atoms with Crippen molar-refractivity contribution in [1.82, 2.24) is 20.5 Å². The number of rotatable bonds is 4. The summed E-state index contributed by atoms with van der Waals surface area (Å²) >= 11 is 5.79. The van der Waals surface area contributed by atoms with Crippen molar-refractivity contribution in [2.45, 2.75) is 12.5 Å². The standard InChI is InChI=1S/C14H13ClF2N4O2/c15-9-4-11(17)10(16)3-8(9)14(22)18-5-7-1-2-23-12(7)13-19-6-20-21-13/h3-4,6-7,12H,1-2,5H2,(H,18,22)(H,19,20,21)/t7-,12-/m0/s1. The van der Waals surface area contributed by atoms with Gasteiger partial charge in [-0.15, -0.1) is 0 Å². The summed E-state index contributed by atoms with van der Waals surface area (Å²) in [4.78, 5) is 16.2. The van der Waals surface area contributed by atoms with E-state index in [1.54, 1.807) is 0 Å². The summed E-state index contributed by atoms with van der Waals surface area (Å²) < 4.78 is 31.9. The van der Waals surface area contributed by atoms with Gasteiger partial charge in [-0.2, -0.15) is 5.10 Å². The van der Waals surface area contributed by atoms with Crippen LogP contribution in [0.1, 0.15) is 28.7 Å². The molecule has 0 unspecified atom stereocenters. The molecule has 0 aliphatic carbocycles. The smallest absolute Gasteiger partial charge is 0.252 e. The summed E-state index contributed by atoms with van der Waals surface area (Å²) in [6.07, 6.45) is 1.82. The molecule has 1 aromatic heterocycles. The highest BCUT2D eigenvalue weighted by Gasteiger charge is 2.32. The lowest BCUT2D eigenvalue weighted by atomic mass is 10.0. The molecule has 1 aliphatic rings. The van der Waals surface area contributed by atoms with Gasteiger partial charge >= 0.3 is 0 Å². The number of nitrogens with one attached hydrogen (secondary N) is 2. The Morgan fingerprint density at radius 1 is 1.43 bits per heavy atom. The van der Waals surface area contributed by atoms with Crippen LogP contribution in [0.3, 0.4) is 0 Å². The summed E-state index contributed by atoms with van der Waals surface area (Å²) in [5, 5.41) is 9.04. The van der Waals surface area contributed by atoms with Crippen LogP contribution in [0.15, 0.2) is 18.5 Å². The van der Waals surface area contributed by atoms with E-state index >= 15 is 0 Å². The Morgan fingerprint density at radius 2 is 2.22 bits per heavy atom. The summed E-state index contributed by atoms with van der Waals surface area (Å²) in [5.41, 5.74) is -0.110. The van der Waals surface area contributed by atoms with Crippen LogP contribution in [0.25, 0.3) is 0 Å². The molecule has 0 bridgehead atoms. The van der Waals surface area contributed by atoms with Gasteiger partial charge in [0.05, 0.1) is 10.6 Å². The van der Waals surface area contributed by atoms with Crippen LogP contribution < -0.4 is 5.32 Å². The minimum Gasteiger partial charge on any atom is -0.370 e. The van der Waals surface area contributed by atoms with Crippen molar-refractivity contribution in [2.75, 3.05) is 13.2 Å². The molecule has 1 saturated heterocycles. The molecule has 122 valence electrons. The van der Waals surface area contributed by atoms with Crippen molar-refractivity contribution in [2.24, 2.45) is 5.92 Å². The van der Waals surface area contributed by atoms with Crippen LogP contribution >= 0.6 is 11.6 Å². The first-order valence-electron chi connectivity index (χ1n) is 6.96. The molecule has 2 N–H and O–H groups in total. The van der Waals surface area contributed by atoms with Gasteiger partial charge in [-0.1, -0.05) is 11.6 Å². The van der Waals surface area contributed by atoms with E-state index in [1.807, 2.05) is 0 Å². The molecule has 1 aliphatic heterocycles. The molecule has 3 rings (SSSR count). The first kappa shape index (κ1) is 15.8. The Balaban J connectivity index is 1.66. The molecule has 2 aromatic rings. The Kier molecular flexibility index (Phi) is 4.53. The van der Waals surface area contributed by atoms with E-state index < -0.39 is 17.5 Å². The van der Waals surface area contributed by atoms with Gasteiger partial charge in [0.2, 0.25) is 0 Å². The normalized spacial score (nSPS) is 20.7. The average molecular weight is 343 g/mol. The molecule has 23 heavy (non-hydrogen) atoms. The Labute approximate surface area is 135 Å². The number of ether oxygens (including phenoxy) is 1. The highest BCUT2D eigenvalue weighted by molar-refractivity contribution is 6.33. The van der Waals surface area contributed by atoms with E-state index in [2.05, 4.69) is 20.5 Å². The summed E-state index contributed by atoms with van der Waals surface area (Å²) in [6, 6.07) is 1.56. The average Bonchev–Trinajstić information content (AvgIpc) is 3.18. The van der Waals surface area contributed by atoms with Crippen molar-refractivity contribution in [1.29, 1.82) is 0 Å². The minimum atomic E-state index is -1.12. The number of halogens is 3. The maximum atomic E-state index is 13.3. The van der Waals surface area contributed by atoms with Crippen LogP contribution in [-0.2, 0) is 4.74 Å². The van der Waals surface area contributed by atoms with Gasteiger partial charge in [0, 0.05) is 19.1 Å². The topological polar surface area (TPSA) is 79.9 Å². The zero-order valence-corrected chi connectivity index (χ0v) is 12.6. The second-order valence-corrected chi connectivity index (χ2v) is 5.57. The first-order chi connectivity index (χ1) is 11.1. The highest BCUT2D eigenvalue weighted by atomic mass is 35.5. The number of amides is 1. The van der Waals surface area contributed by atoms with Gasteiger partial charge < -0.3 is 10.1 Å². The predicted octanol–water partition coefficient (Wildman–Crippen LogP) is 2.24. The third-order valence-corrected chi connectivity index (χ3v) is 4.01. The van der Waals surface area contributed by atoms with E-state index in [0.29, 0.717) is 19.0 Å². The second-order valence-electron chi connectivity index (χ2n) is 5.17. The molecule has 2 heterocycles. The fourth-order valence-electron chi connectivity index (χ4n) is 2.51. The van der Waals surface area contributed by atoms with Gasteiger partial charge in [-0.25, -0.2) is 13.8 Å². The van der Waals surface area contributed by atoms with Gasteiger partial charge in [-0.3, -0.25) is 9.89 Å². The molecule has 1 amide bonds. The van der Waals surface area contributed by atoms with Crippen LogP contribution in [0.4, 0.5) is 8.78 Å². The molecule has 2 atom stereocenters. The van der Waals surface area contributed by atoms with E-state index in [9.17, 15) is 13.6 Å². The summed E-state index contributed by atoms with van der Waals surface area (Å²) in [7, 11) is 0. The summed E-state index contributed by atoms with van der Waals surface area (Å²) in [6.45, 7) is 0.831. The fourth-order valence-corrected chi connectivity index (χ4v) is 2.75. The monoisotopic (exact) mass is 342 g/mol. The zero-order valence-electron chi connectivity index (χ0n) is 11.9. The molecular weight excluding hydrogens is 330 g/mol. The molecule has 1 aromatic carbocycles. The van der Waals surface area contributed by atoms with Crippen molar-refractivity contribution < 1.29 is 18.3 Å². The number of hydrogen-bond donors (Lipinski definition) is 2. The molecule has 6 nitrogen and oxygen atoms in total. The third-order valence-electron chi connectivity index (χ3n) is 3.70. The van der Waals surface area contributed by atoms with Gasteiger partial charge in [0.25, 0.3) is 5.91 Å². The number of carbonyl (C=O) groups excluding carboxylic acids is 1. The maximum absolute atomic E-state index is 13.3. The minimum absolute atomic E-state index is 0.00373. The lowest BCUT2D eigenvalue weighted by Gasteiger charge is -2.17. The summed E-state index contributed by atoms with van der Waals surface area (Å²) in [5.74, 6) is -2.20. The SMILES string of the molecule is O=C(NC[C@@H]1CCO[C@@H]1c1ncn[nH]1)c1cc(F)c(F)cc1Cl. The molecule has 0 saturated carbocycles. The van der Waals surface area contributed by atoms with Crippen molar-refractivity contribution in [3.8, 4) is 0 Å². The number of aromatic amines is 1. The zero-order chi connectivity index (χ0) is 16.4. The largest absolute Gasteiger partial charge is 0.370 e. The van der Waals surface area contributed by atoms with Gasteiger partial charge in [0.15, 0.2) is 17.5 Å². The van der Waals surface area contributed by atoms with Crippen molar-refractivity contribution in [3.63, 3.8) is 0 Å². The Morgan fingerprint density at radius 3 is 2.96 bits per heavy atom. The number of H-pyrrole nitrogens is 1. The number of nitrogens with zero attached hydrogens (tertiary/aromatic N) is 2. The highest BCUT2D eigenvalue weighted by Crippen LogP contribution is 2.32. The maximum Gasteiger partial charge on any atom is 0.252 e. The van der Waals surface area contributed by atoms with Crippen LogP contribution in [0.2, 0.25) is 5.02 Å².